The van der Waals surface area contributed by atoms with Gasteiger partial charge in [-0.25, -0.2) is 4.98 Å². The van der Waals surface area contributed by atoms with Crippen molar-refractivity contribution in [1.29, 1.82) is 0 Å². The van der Waals surface area contributed by atoms with Gasteiger partial charge in [-0.1, -0.05) is 6.07 Å². The third-order valence-corrected chi connectivity index (χ3v) is 3.59. The van der Waals surface area contributed by atoms with Gasteiger partial charge >= 0.3 is 0 Å². The summed E-state index contributed by atoms with van der Waals surface area (Å²) in [6.45, 7) is 1.77. The first-order chi connectivity index (χ1) is 11.1. The lowest BCUT2D eigenvalue weighted by atomic mass is 10.1. The Morgan fingerprint density at radius 2 is 2.22 bits per heavy atom. The number of carbonyl (C=O) groups excluding carboxylic acids is 1. The van der Waals surface area contributed by atoms with Crippen molar-refractivity contribution in [2.45, 2.75) is 19.5 Å². The molecule has 23 heavy (non-hydrogen) atoms. The van der Waals surface area contributed by atoms with E-state index >= 15 is 0 Å². The van der Waals surface area contributed by atoms with Gasteiger partial charge in [0, 0.05) is 19.4 Å². The Morgan fingerprint density at radius 1 is 1.39 bits per heavy atom. The minimum atomic E-state index is -0.285. The second-order valence-electron chi connectivity index (χ2n) is 5.26. The maximum Gasteiger partial charge on any atom is 0.264 e. The van der Waals surface area contributed by atoms with E-state index < -0.39 is 0 Å². The summed E-state index contributed by atoms with van der Waals surface area (Å²) >= 11 is 0. The third-order valence-electron chi connectivity index (χ3n) is 3.59. The molecule has 1 amide bonds. The number of pyridine rings is 1. The van der Waals surface area contributed by atoms with E-state index in [2.05, 4.69) is 20.4 Å². The summed E-state index contributed by atoms with van der Waals surface area (Å²) in [6, 6.07) is 3.50. The number of nitrogens with one attached hydrogen (secondary N) is 1. The van der Waals surface area contributed by atoms with Gasteiger partial charge in [0.25, 0.3) is 5.56 Å². The first kappa shape index (κ1) is 14.9. The van der Waals surface area contributed by atoms with Crippen LogP contribution in [0, 0.1) is 0 Å². The summed E-state index contributed by atoms with van der Waals surface area (Å²) in [4.78, 5) is 32.6. The minimum absolute atomic E-state index is 0.0960. The van der Waals surface area contributed by atoms with E-state index in [1.54, 1.807) is 19.4 Å². The second-order valence-corrected chi connectivity index (χ2v) is 5.26. The highest BCUT2D eigenvalue weighted by molar-refractivity contribution is 5.77. The lowest BCUT2D eigenvalue weighted by molar-refractivity contribution is -0.122. The predicted octanol–water partition coefficient (Wildman–Crippen LogP) is 0.402. The molecule has 0 fully saturated rings. The summed E-state index contributed by atoms with van der Waals surface area (Å²) < 4.78 is 2.79. The first-order valence-electron chi connectivity index (χ1n) is 7.12. The molecule has 0 aliphatic heterocycles. The highest BCUT2D eigenvalue weighted by atomic mass is 16.2. The van der Waals surface area contributed by atoms with Crippen molar-refractivity contribution < 1.29 is 4.79 Å². The molecule has 1 unspecified atom stereocenters. The van der Waals surface area contributed by atoms with E-state index in [-0.39, 0.29) is 24.1 Å². The normalized spacial score (nSPS) is 12.3. The number of amides is 1. The summed E-state index contributed by atoms with van der Waals surface area (Å²) in [6.07, 6.45) is 6.19. The molecule has 3 heterocycles. The molecule has 1 atom stereocenters. The molecule has 8 nitrogen and oxygen atoms in total. The molecule has 3 aromatic rings. The molecule has 0 saturated carbocycles. The standard InChI is InChI=1S/C15H16N6O2/c1-10(11-4-3-5-16-6-11)19-13(22)8-21-9-17-14-12(15(21)23)7-18-20(14)2/h3-7,9-10H,8H2,1-2H3,(H,19,22). The zero-order chi connectivity index (χ0) is 16.4. The molecule has 0 saturated heterocycles. The van der Waals surface area contributed by atoms with Crippen LogP contribution >= 0.6 is 0 Å². The number of aryl methyl sites for hydroxylation is 1. The third kappa shape index (κ3) is 2.96. The van der Waals surface area contributed by atoms with Crippen molar-refractivity contribution in [2.75, 3.05) is 0 Å². The molecule has 3 rings (SSSR count). The quantitative estimate of drug-likeness (QED) is 0.752. The van der Waals surface area contributed by atoms with E-state index in [0.717, 1.165) is 5.56 Å². The highest BCUT2D eigenvalue weighted by Gasteiger charge is 2.13. The fraction of sp³-hybridized carbons (Fsp3) is 0.267. The topological polar surface area (TPSA) is 94.7 Å². The Bertz CT molecular complexity index is 899. The van der Waals surface area contributed by atoms with Crippen molar-refractivity contribution >= 4 is 16.9 Å². The summed E-state index contributed by atoms with van der Waals surface area (Å²) in [7, 11) is 1.71. The molecule has 0 spiro atoms. The van der Waals surface area contributed by atoms with Crippen LogP contribution in [-0.4, -0.2) is 30.2 Å². The maximum atomic E-state index is 12.3. The molecular formula is C15H16N6O2. The van der Waals surface area contributed by atoms with Gasteiger partial charge in [-0.05, 0) is 18.6 Å². The fourth-order valence-electron chi connectivity index (χ4n) is 2.34. The monoisotopic (exact) mass is 312 g/mol. The van der Waals surface area contributed by atoms with Crippen LogP contribution < -0.4 is 10.9 Å². The van der Waals surface area contributed by atoms with Crippen LogP contribution in [0.1, 0.15) is 18.5 Å². The number of carbonyl (C=O) groups is 1. The maximum absolute atomic E-state index is 12.3. The van der Waals surface area contributed by atoms with Gasteiger partial charge in [0.15, 0.2) is 5.65 Å². The van der Waals surface area contributed by atoms with E-state index in [1.165, 1.54) is 21.8 Å². The van der Waals surface area contributed by atoms with Gasteiger partial charge in [-0.2, -0.15) is 5.10 Å². The number of fused-ring (bicyclic) bond motifs is 1. The van der Waals surface area contributed by atoms with Crippen LogP contribution in [-0.2, 0) is 18.4 Å². The summed E-state index contributed by atoms with van der Waals surface area (Å²) in [5.74, 6) is -0.270. The zero-order valence-electron chi connectivity index (χ0n) is 12.8. The van der Waals surface area contributed by atoms with Gasteiger partial charge in [0.1, 0.15) is 18.3 Å². The van der Waals surface area contributed by atoms with E-state index in [0.29, 0.717) is 11.0 Å². The molecule has 0 aliphatic rings. The highest BCUT2D eigenvalue weighted by Crippen LogP contribution is 2.09. The predicted molar refractivity (Wildman–Crippen MR) is 83.6 cm³/mol. The van der Waals surface area contributed by atoms with Crippen molar-refractivity contribution in [2.24, 2.45) is 7.05 Å². The van der Waals surface area contributed by atoms with Gasteiger partial charge in [0.2, 0.25) is 5.91 Å². The van der Waals surface area contributed by atoms with Crippen LogP contribution in [0.25, 0.3) is 11.0 Å². The molecule has 1 N–H and O–H groups in total. The number of hydrogen-bond donors (Lipinski definition) is 1. The van der Waals surface area contributed by atoms with E-state index in [1.807, 2.05) is 19.1 Å². The molecule has 0 bridgehead atoms. The van der Waals surface area contributed by atoms with Crippen molar-refractivity contribution in [3.8, 4) is 0 Å². The Kier molecular flexibility index (Phi) is 3.88. The van der Waals surface area contributed by atoms with Crippen molar-refractivity contribution in [1.82, 2.24) is 29.6 Å². The average Bonchev–Trinajstić information content (AvgIpc) is 2.93. The largest absolute Gasteiger partial charge is 0.348 e. The first-order valence-corrected chi connectivity index (χ1v) is 7.12. The molecule has 0 aromatic carbocycles. The van der Waals surface area contributed by atoms with Crippen LogP contribution in [0.4, 0.5) is 0 Å². The SMILES string of the molecule is CC(NC(=O)Cn1cnc2c(cnn2C)c1=O)c1cccnc1. The number of aromatic nitrogens is 5. The Hall–Kier alpha value is -3.03. The van der Waals surface area contributed by atoms with Gasteiger partial charge in [0.05, 0.1) is 12.2 Å². The van der Waals surface area contributed by atoms with Crippen LogP contribution in [0.3, 0.4) is 0 Å². The Morgan fingerprint density at radius 3 is 2.96 bits per heavy atom. The molecule has 0 aliphatic carbocycles. The lowest BCUT2D eigenvalue weighted by Gasteiger charge is -2.14. The number of nitrogens with zero attached hydrogens (tertiary/aromatic N) is 5. The van der Waals surface area contributed by atoms with Crippen molar-refractivity contribution in [3.63, 3.8) is 0 Å². The fourth-order valence-corrected chi connectivity index (χ4v) is 2.34. The molecule has 0 radical (unpaired) electrons. The van der Waals surface area contributed by atoms with Gasteiger partial charge in [-0.15, -0.1) is 0 Å². The molecule has 118 valence electrons. The van der Waals surface area contributed by atoms with Crippen LogP contribution in [0.15, 0.2) is 41.8 Å². The van der Waals surface area contributed by atoms with Crippen LogP contribution in [0.5, 0.6) is 0 Å². The Balaban J connectivity index is 1.75. The van der Waals surface area contributed by atoms with E-state index in [9.17, 15) is 9.59 Å². The van der Waals surface area contributed by atoms with Gasteiger partial charge < -0.3 is 5.32 Å². The summed E-state index contributed by atoms with van der Waals surface area (Å²) in [5, 5.41) is 7.23. The molecular weight excluding hydrogens is 296 g/mol. The van der Waals surface area contributed by atoms with E-state index in [4.69, 9.17) is 0 Å². The number of rotatable bonds is 4. The summed E-state index contributed by atoms with van der Waals surface area (Å²) in [5.41, 5.74) is 1.11. The molecule has 3 aromatic heterocycles. The zero-order valence-corrected chi connectivity index (χ0v) is 12.8. The van der Waals surface area contributed by atoms with Crippen molar-refractivity contribution in [3.05, 3.63) is 53.0 Å². The lowest BCUT2D eigenvalue weighted by Crippen LogP contribution is -2.34. The average molecular weight is 312 g/mol. The van der Waals surface area contributed by atoms with Gasteiger partial charge in [-0.3, -0.25) is 23.8 Å². The Labute approximate surface area is 131 Å². The minimum Gasteiger partial charge on any atom is -0.348 e. The second kappa shape index (κ2) is 5.99. The number of hydrogen-bond acceptors (Lipinski definition) is 5. The smallest absolute Gasteiger partial charge is 0.264 e. The van der Waals surface area contributed by atoms with Crippen LogP contribution in [0.2, 0.25) is 0 Å². The molecule has 8 heteroatoms.